The average molecular weight is 450 g/mol. The zero-order valence-electron chi connectivity index (χ0n) is 18.6. The van der Waals surface area contributed by atoms with E-state index < -0.39 is 0 Å². The molecule has 1 N–H and O–H groups in total. The third kappa shape index (κ3) is 6.17. The van der Waals surface area contributed by atoms with Crippen LogP contribution >= 0.6 is 11.8 Å². The molecule has 1 aliphatic heterocycles. The van der Waals surface area contributed by atoms with Crippen molar-refractivity contribution in [2.45, 2.75) is 24.0 Å². The number of amides is 1. The SMILES string of the molecule is Cc1cccc(N2CCN(CCCNC(=O)c3occc3CSc3ccccc3)CC2)c1. The van der Waals surface area contributed by atoms with E-state index in [-0.39, 0.29) is 5.91 Å². The van der Waals surface area contributed by atoms with E-state index in [1.165, 1.54) is 16.1 Å². The molecule has 2 heterocycles. The molecular weight excluding hydrogens is 418 g/mol. The van der Waals surface area contributed by atoms with E-state index in [1.807, 2.05) is 24.3 Å². The number of piperazine rings is 1. The number of hydrogen-bond acceptors (Lipinski definition) is 5. The minimum atomic E-state index is -0.122. The molecule has 0 aliphatic carbocycles. The highest BCUT2D eigenvalue weighted by Gasteiger charge is 2.18. The first-order valence-corrected chi connectivity index (χ1v) is 12.2. The van der Waals surface area contributed by atoms with Crippen molar-refractivity contribution in [1.29, 1.82) is 0 Å². The largest absolute Gasteiger partial charge is 0.459 e. The van der Waals surface area contributed by atoms with E-state index in [2.05, 4.69) is 58.4 Å². The van der Waals surface area contributed by atoms with Crippen molar-refractivity contribution in [3.05, 3.63) is 83.8 Å². The van der Waals surface area contributed by atoms with Crippen LogP contribution in [-0.4, -0.2) is 50.1 Å². The monoisotopic (exact) mass is 449 g/mol. The van der Waals surface area contributed by atoms with Gasteiger partial charge in [-0.05, 0) is 55.8 Å². The highest BCUT2D eigenvalue weighted by Crippen LogP contribution is 2.25. The van der Waals surface area contributed by atoms with Crippen molar-refractivity contribution in [2.24, 2.45) is 0 Å². The number of hydrogen-bond donors (Lipinski definition) is 1. The topological polar surface area (TPSA) is 48.7 Å². The van der Waals surface area contributed by atoms with E-state index in [0.717, 1.165) is 44.7 Å². The first-order valence-electron chi connectivity index (χ1n) is 11.3. The fraction of sp³-hybridized carbons (Fsp3) is 0.346. The second-order valence-corrected chi connectivity index (χ2v) is 9.20. The Kier molecular flexibility index (Phi) is 7.91. The van der Waals surface area contributed by atoms with Crippen molar-refractivity contribution in [2.75, 3.05) is 44.2 Å². The number of rotatable bonds is 9. The molecule has 2 aromatic carbocycles. The van der Waals surface area contributed by atoms with Crippen molar-refractivity contribution < 1.29 is 9.21 Å². The molecule has 1 saturated heterocycles. The molecule has 1 aliphatic rings. The van der Waals surface area contributed by atoms with Crippen molar-refractivity contribution in [3.8, 4) is 0 Å². The van der Waals surface area contributed by atoms with Gasteiger partial charge in [0.25, 0.3) is 5.91 Å². The van der Waals surface area contributed by atoms with Crippen LogP contribution in [0.2, 0.25) is 0 Å². The van der Waals surface area contributed by atoms with Crippen LogP contribution in [0.15, 0.2) is 76.2 Å². The van der Waals surface area contributed by atoms with Crippen molar-refractivity contribution >= 4 is 23.4 Å². The Morgan fingerprint density at radius 3 is 2.62 bits per heavy atom. The summed E-state index contributed by atoms with van der Waals surface area (Å²) in [6, 6.07) is 20.8. The number of anilines is 1. The predicted molar refractivity (Wildman–Crippen MR) is 131 cm³/mol. The first kappa shape index (κ1) is 22.5. The lowest BCUT2D eigenvalue weighted by Crippen LogP contribution is -2.47. The molecule has 0 atom stereocenters. The molecule has 32 heavy (non-hydrogen) atoms. The van der Waals surface area contributed by atoms with Crippen LogP contribution in [0.4, 0.5) is 5.69 Å². The maximum atomic E-state index is 12.6. The number of carbonyl (C=O) groups excluding carboxylic acids is 1. The van der Waals surface area contributed by atoms with Crippen LogP contribution < -0.4 is 10.2 Å². The number of carbonyl (C=O) groups is 1. The normalized spacial score (nSPS) is 14.5. The zero-order chi connectivity index (χ0) is 22.2. The lowest BCUT2D eigenvalue weighted by atomic mass is 10.2. The fourth-order valence-corrected chi connectivity index (χ4v) is 4.86. The smallest absolute Gasteiger partial charge is 0.287 e. The molecule has 0 bridgehead atoms. The standard InChI is InChI=1S/C26H31N3O2S/c1-21-7-5-8-23(19-21)29-16-14-28(15-17-29)13-6-12-27-26(30)25-22(11-18-31-25)20-32-24-9-3-2-4-10-24/h2-5,7-11,18-19H,6,12-17,20H2,1H3,(H,27,30). The van der Waals surface area contributed by atoms with Crippen LogP contribution in [0, 0.1) is 6.92 Å². The second-order valence-electron chi connectivity index (χ2n) is 8.15. The Hall–Kier alpha value is -2.70. The average Bonchev–Trinajstić information content (AvgIpc) is 3.30. The number of aryl methyl sites for hydroxylation is 1. The molecule has 3 aromatic rings. The summed E-state index contributed by atoms with van der Waals surface area (Å²) in [6.07, 6.45) is 2.54. The number of thioether (sulfide) groups is 1. The molecule has 4 rings (SSSR count). The maximum Gasteiger partial charge on any atom is 0.287 e. The van der Waals surface area contributed by atoms with Gasteiger partial charge in [0.1, 0.15) is 0 Å². The summed E-state index contributed by atoms with van der Waals surface area (Å²) in [5, 5.41) is 3.03. The minimum Gasteiger partial charge on any atom is -0.459 e. The highest BCUT2D eigenvalue weighted by molar-refractivity contribution is 7.98. The fourth-order valence-electron chi connectivity index (χ4n) is 3.97. The third-order valence-corrected chi connectivity index (χ3v) is 6.83. The molecular formula is C26H31N3O2S. The Balaban J connectivity index is 1.16. The summed E-state index contributed by atoms with van der Waals surface area (Å²) in [5.74, 6) is 1.03. The predicted octanol–water partition coefficient (Wildman–Crippen LogP) is 4.82. The Morgan fingerprint density at radius 2 is 1.84 bits per heavy atom. The van der Waals surface area contributed by atoms with Crippen LogP contribution in [-0.2, 0) is 5.75 Å². The maximum absolute atomic E-state index is 12.6. The number of nitrogens with one attached hydrogen (secondary N) is 1. The lowest BCUT2D eigenvalue weighted by molar-refractivity contribution is 0.0923. The number of benzene rings is 2. The summed E-state index contributed by atoms with van der Waals surface area (Å²) in [4.78, 5) is 18.7. The van der Waals surface area contributed by atoms with Crippen LogP contribution in [0.3, 0.4) is 0 Å². The van der Waals surface area contributed by atoms with Crippen LogP contribution in [0.5, 0.6) is 0 Å². The third-order valence-electron chi connectivity index (χ3n) is 5.77. The quantitative estimate of drug-likeness (QED) is 0.375. The van der Waals surface area contributed by atoms with Gasteiger partial charge in [0.05, 0.1) is 6.26 Å². The van der Waals surface area contributed by atoms with Gasteiger partial charge in [-0.15, -0.1) is 11.8 Å². The van der Waals surface area contributed by atoms with Gasteiger partial charge < -0.3 is 14.6 Å². The Bertz CT molecular complexity index is 997. The molecule has 0 spiro atoms. The summed E-state index contributed by atoms with van der Waals surface area (Å²) < 4.78 is 5.48. The summed E-state index contributed by atoms with van der Waals surface area (Å²) >= 11 is 1.71. The highest BCUT2D eigenvalue weighted by atomic mass is 32.2. The molecule has 168 valence electrons. The van der Waals surface area contributed by atoms with E-state index in [4.69, 9.17) is 4.42 Å². The van der Waals surface area contributed by atoms with Crippen LogP contribution in [0.1, 0.15) is 28.1 Å². The van der Waals surface area contributed by atoms with Gasteiger partial charge in [0, 0.05) is 54.6 Å². The van der Waals surface area contributed by atoms with Gasteiger partial charge in [-0.2, -0.15) is 0 Å². The number of nitrogens with zero attached hydrogens (tertiary/aromatic N) is 2. The summed E-state index contributed by atoms with van der Waals surface area (Å²) in [7, 11) is 0. The van der Waals surface area contributed by atoms with E-state index in [0.29, 0.717) is 18.1 Å². The summed E-state index contributed by atoms with van der Waals surface area (Å²) in [5.41, 5.74) is 3.55. The van der Waals surface area contributed by atoms with Crippen molar-refractivity contribution in [1.82, 2.24) is 10.2 Å². The van der Waals surface area contributed by atoms with Gasteiger partial charge >= 0.3 is 0 Å². The molecule has 6 heteroatoms. The molecule has 1 amide bonds. The Labute approximate surface area is 194 Å². The lowest BCUT2D eigenvalue weighted by Gasteiger charge is -2.36. The van der Waals surface area contributed by atoms with Gasteiger partial charge in [-0.25, -0.2) is 0 Å². The van der Waals surface area contributed by atoms with Gasteiger partial charge in [-0.1, -0.05) is 30.3 Å². The summed E-state index contributed by atoms with van der Waals surface area (Å²) in [6.45, 7) is 8.00. The Morgan fingerprint density at radius 1 is 1.03 bits per heavy atom. The van der Waals surface area contributed by atoms with E-state index in [9.17, 15) is 4.79 Å². The molecule has 5 nitrogen and oxygen atoms in total. The van der Waals surface area contributed by atoms with E-state index >= 15 is 0 Å². The molecule has 0 saturated carbocycles. The van der Waals surface area contributed by atoms with Crippen molar-refractivity contribution in [3.63, 3.8) is 0 Å². The first-order chi connectivity index (χ1) is 15.7. The zero-order valence-corrected chi connectivity index (χ0v) is 19.4. The number of furan rings is 1. The van der Waals surface area contributed by atoms with Gasteiger partial charge in [0.2, 0.25) is 0 Å². The second kappa shape index (κ2) is 11.2. The van der Waals surface area contributed by atoms with Crippen LogP contribution in [0.25, 0.3) is 0 Å². The molecule has 0 radical (unpaired) electrons. The molecule has 1 fully saturated rings. The minimum absolute atomic E-state index is 0.122. The van der Waals surface area contributed by atoms with Gasteiger partial charge in [-0.3, -0.25) is 9.69 Å². The molecule has 1 aromatic heterocycles. The van der Waals surface area contributed by atoms with Gasteiger partial charge in [0.15, 0.2) is 5.76 Å². The van der Waals surface area contributed by atoms with E-state index in [1.54, 1.807) is 18.0 Å². The molecule has 0 unspecified atom stereocenters.